The van der Waals surface area contributed by atoms with E-state index in [2.05, 4.69) is 10.6 Å². The predicted octanol–water partition coefficient (Wildman–Crippen LogP) is 0.814. The van der Waals surface area contributed by atoms with Crippen molar-refractivity contribution in [1.29, 1.82) is 0 Å². The summed E-state index contributed by atoms with van der Waals surface area (Å²) in [7, 11) is -1.51. The number of hydrogen-bond acceptors (Lipinski definition) is 7. The number of carbonyl (C=O) groups excluding carboxylic acids is 2. The summed E-state index contributed by atoms with van der Waals surface area (Å²) < 4.78 is 34.5. The molecule has 0 spiro atoms. The topological polar surface area (TPSA) is 114 Å². The maximum absolute atomic E-state index is 12.4. The molecule has 0 saturated carbocycles. The van der Waals surface area contributed by atoms with E-state index >= 15 is 0 Å². The van der Waals surface area contributed by atoms with Crippen molar-refractivity contribution in [2.75, 3.05) is 38.3 Å². The lowest BCUT2D eigenvalue weighted by molar-refractivity contribution is -0.138. The van der Waals surface area contributed by atoms with E-state index in [1.165, 1.54) is 0 Å². The summed E-state index contributed by atoms with van der Waals surface area (Å²) in [5.74, 6) is 0.418. The van der Waals surface area contributed by atoms with Gasteiger partial charge in [0.1, 0.15) is 5.75 Å². The van der Waals surface area contributed by atoms with Gasteiger partial charge in [0.05, 0.1) is 37.3 Å². The number of hydrogen-bond donors (Lipinski definition) is 2. The first-order chi connectivity index (χ1) is 14.3. The maximum Gasteiger partial charge on any atom is 0.337 e. The van der Waals surface area contributed by atoms with Crippen molar-refractivity contribution in [3.05, 3.63) is 41.1 Å². The van der Waals surface area contributed by atoms with E-state index in [0.29, 0.717) is 24.2 Å². The lowest BCUT2D eigenvalue weighted by Crippen LogP contribution is -2.48. The van der Waals surface area contributed by atoms with Gasteiger partial charge in [-0.2, -0.15) is 0 Å². The van der Waals surface area contributed by atoms with Gasteiger partial charge >= 0.3 is 12.0 Å². The molecular weight excluding hydrogens is 410 g/mol. The fourth-order valence-corrected chi connectivity index (χ4v) is 5.39. The van der Waals surface area contributed by atoms with Crippen LogP contribution in [-0.4, -0.2) is 69.7 Å². The van der Waals surface area contributed by atoms with Crippen LogP contribution in [0.5, 0.6) is 5.75 Å². The molecule has 1 fully saturated rings. The van der Waals surface area contributed by atoms with E-state index in [1.807, 2.05) is 29.2 Å². The zero-order valence-electron chi connectivity index (χ0n) is 17.1. The molecule has 1 aromatic carbocycles. The Kier molecular flexibility index (Phi) is 6.99. The zero-order chi connectivity index (χ0) is 21.7. The molecule has 0 radical (unpaired) electrons. The second kappa shape index (κ2) is 9.48. The number of rotatable bonds is 8. The first-order valence-electron chi connectivity index (χ1n) is 9.82. The normalized spacial score (nSPS) is 20.6. The number of methoxy groups -OCH3 is 1. The molecule has 0 bridgehead atoms. The number of nitrogens with one attached hydrogen (secondary N) is 2. The van der Waals surface area contributed by atoms with Gasteiger partial charge in [0.25, 0.3) is 0 Å². The molecule has 3 rings (SSSR count). The molecule has 1 atom stereocenters. The van der Waals surface area contributed by atoms with Gasteiger partial charge in [0, 0.05) is 24.8 Å². The second-order valence-electron chi connectivity index (χ2n) is 7.30. The highest BCUT2D eigenvalue weighted by Crippen LogP contribution is 2.23. The quantitative estimate of drug-likeness (QED) is 0.579. The number of esters is 1. The standard InChI is InChI=1S/C20H27N3O6S/c1-3-29-19(24)17-10-21-20(25)22-18(17)12-23(15-8-9-30(26,27)13-15)11-14-4-6-16(28-2)7-5-14/h4-7,15H,3,8-13H2,1-2H3,(H2,21,22,25)/t15-/m1/s1. The molecule has 1 aromatic rings. The van der Waals surface area contributed by atoms with Gasteiger partial charge in [-0.15, -0.1) is 0 Å². The van der Waals surface area contributed by atoms with Crippen molar-refractivity contribution in [3.8, 4) is 5.75 Å². The van der Waals surface area contributed by atoms with Gasteiger partial charge in [0.2, 0.25) is 0 Å². The van der Waals surface area contributed by atoms with Crippen molar-refractivity contribution >= 4 is 21.8 Å². The Hall–Kier alpha value is -2.59. The SMILES string of the molecule is CCOC(=O)C1=C(CN(Cc2ccc(OC)cc2)[C@@H]2CCS(=O)(=O)C2)NC(=O)NC1. The fraction of sp³-hybridized carbons (Fsp3) is 0.500. The van der Waals surface area contributed by atoms with Crippen molar-refractivity contribution in [2.45, 2.75) is 25.9 Å². The molecule has 0 aliphatic carbocycles. The minimum atomic E-state index is -3.10. The average Bonchev–Trinajstić information content (AvgIpc) is 3.08. The van der Waals surface area contributed by atoms with E-state index in [1.54, 1.807) is 14.0 Å². The molecule has 1 saturated heterocycles. The smallest absolute Gasteiger partial charge is 0.337 e. The van der Waals surface area contributed by atoms with Gasteiger partial charge in [-0.05, 0) is 31.0 Å². The van der Waals surface area contributed by atoms with Crippen LogP contribution in [0.3, 0.4) is 0 Å². The average molecular weight is 438 g/mol. The summed E-state index contributed by atoms with van der Waals surface area (Å²) in [6.07, 6.45) is 0.507. The number of amides is 2. The van der Waals surface area contributed by atoms with Gasteiger partial charge in [0.15, 0.2) is 9.84 Å². The van der Waals surface area contributed by atoms with E-state index in [0.717, 1.165) is 11.3 Å². The fourth-order valence-electron chi connectivity index (χ4n) is 3.63. The van der Waals surface area contributed by atoms with Gasteiger partial charge < -0.3 is 20.1 Å². The van der Waals surface area contributed by atoms with Crippen LogP contribution >= 0.6 is 0 Å². The Morgan fingerprint density at radius 1 is 1.23 bits per heavy atom. The number of sulfone groups is 1. The molecule has 164 valence electrons. The van der Waals surface area contributed by atoms with Crippen LogP contribution in [0.25, 0.3) is 0 Å². The Morgan fingerprint density at radius 3 is 2.57 bits per heavy atom. The number of benzene rings is 1. The molecule has 2 aliphatic rings. The lowest BCUT2D eigenvalue weighted by atomic mass is 10.1. The lowest BCUT2D eigenvalue weighted by Gasteiger charge is -2.31. The number of ether oxygens (including phenoxy) is 2. The Labute approximate surface area is 176 Å². The van der Waals surface area contributed by atoms with Crippen molar-refractivity contribution in [1.82, 2.24) is 15.5 Å². The number of urea groups is 1. The highest BCUT2D eigenvalue weighted by molar-refractivity contribution is 7.91. The summed E-state index contributed by atoms with van der Waals surface area (Å²) in [5, 5.41) is 5.28. The molecule has 0 aromatic heterocycles. The molecule has 9 nitrogen and oxygen atoms in total. The summed E-state index contributed by atoms with van der Waals surface area (Å²) in [6.45, 7) is 2.70. The van der Waals surface area contributed by atoms with Crippen molar-refractivity contribution in [3.63, 3.8) is 0 Å². The molecule has 2 aliphatic heterocycles. The summed E-state index contributed by atoms with van der Waals surface area (Å²) in [5.41, 5.74) is 1.76. The van der Waals surface area contributed by atoms with Crippen LogP contribution in [-0.2, 0) is 25.9 Å². The molecule has 2 heterocycles. The largest absolute Gasteiger partial charge is 0.497 e. The van der Waals surface area contributed by atoms with Gasteiger partial charge in [-0.3, -0.25) is 4.90 Å². The summed E-state index contributed by atoms with van der Waals surface area (Å²) in [6, 6.07) is 6.90. The van der Waals surface area contributed by atoms with Crippen LogP contribution < -0.4 is 15.4 Å². The number of carbonyl (C=O) groups is 2. The third-order valence-electron chi connectivity index (χ3n) is 5.21. The van der Waals surface area contributed by atoms with E-state index in [-0.39, 0.29) is 37.2 Å². The zero-order valence-corrected chi connectivity index (χ0v) is 18.0. The molecule has 30 heavy (non-hydrogen) atoms. The molecular formula is C20H27N3O6S. The first-order valence-corrected chi connectivity index (χ1v) is 11.6. The second-order valence-corrected chi connectivity index (χ2v) is 9.52. The highest BCUT2D eigenvalue weighted by Gasteiger charge is 2.34. The van der Waals surface area contributed by atoms with Gasteiger partial charge in [-0.25, -0.2) is 18.0 Å². The third-order valence-corrected chi connectivity index (χ3v) is 6.96. The van der Waals surface area contributed by atoms with Crippen LogP contribution in [0.2, 0.25) is 0 Å². The van der Waals surface area contributed by atoms with Crippen LogP contribution in [0.15, 0.2) is 35.5 Å². The Bertz CT molecular complexity index is 926. The summed E-state index contributed by atoms with van der Waals surface area (Å²) >= 11 is 0. The first kappa shape index (κ1) is 22.1. The van der Waals surface area contributed by atoms with E-state index in [4.69, 9.17) is 9.47 Å². The van der Waals surface area contributed by atoms with Crippen LogP contribution in [0, 0.1) is 0 Å². The van der Waals surface area contributed by atoms with Gasteiger partial charge in [-0.1, -0.05) is 12.1 Å². The van der Waals surface area contributed by atoms with E-state index < -0.39 is 21.8 Å². The minimum absolute atomic E-state index is 0.0529. The third kappa shape index (κ3) is 5.51. The highest BCUT2D eigenvalue weighted by atomic mass is 32.2. The molecule has 0 unspecified atom stereocenters. The molecule has 10 heteroatoms. The Morgan fingerprint density at radius 2 is 1.97 bits per heavy atom. The van der Waals surface area contributed by atoms with Crippen LogP contribution in [0.4, 0.5) is 4.79 Å². The summed E-state index contributed by atoms with van der Waals surface area (Å²) in [4.78, 5) is 26.2. The maximum atomic E-state index is 12.4. The Balaban J connectivity index is 1.88. The van der Waals surface area contributed by atoms with Crippen molar-refractivity contribution in [2.24, 2.45) is 0 Å². The molecule has 2 amide bonds. The molecule has 2 N–H and O–H groups in total. The minimum Gasteiger partial charge on any atom is -0.497 e. The van der Waals surface area contributed by atoms with E-state index in [9.17, 15) is 18.0 Å². The number of nitrogens with zero attached hydrogens (tertiary/aromatic N) is 1. The van der Waals surface area contributed by atoms with Crippen molar-refractivity contribution < 1.29 is 27.5 Å². The van der Waals surface area contributed by atoms with Crippen LogP contribution in [0.1, 0.15) is 18.9 Å². The predicted molar refractivity (Wildman–Crippen MR) is 111 cm³/mol. The monoisotopic (exact) mass is 437 g/mol.